The molecule has 2 N–H and O–H groups in total. The van der Waals surface area contributed by atoms with E-state index in [2.05, 4.69) is 34.3 Å². The molecule has 0 saturated carbocycles. The van der Waals surface area contributed by atoms with Crippen molar-refractivity contribution in [3.8, 4) is 10.6 Å². The van der Waals surface area contributed by atoms with Gasteiger partial charge in [0.2, 0.25) is 5.13 Å². The Bertz CT molecular complexity index is 630. The van der Waals surface area contributed by atoms with Gasteiger partial charge in [-0.2, -0.15) is 0 Å². The minimum atomic E-state index is -0.109. The standard InChI is InChI=1S/C14H20N4OS/c1-8(2)7-15-14-18-17-13(20-14)10-5-6-11(9(3)4)16-12(10)19/h5-6,8-9H,7H2,1-4H3,(H,15,18)(H,16,19). The average Bonchev–Trinajstić information content (AvgIpc) is 2.84. The van der Waals surface area contributed by atoms with E-state index in [4.69, 9.17) is 0 Å². The number of anilines is 1. The third kappa shape index (κ3) is 3.45. The Morgan fingerprint density at radius 2 is 2.00 bits per heavy atom. The molecule has 2 rings (SSSR count). The van der Waals surface area contributed by atoms with Gasteiger partial charge in [0, 0.05) is 12.2 Å². The molecule has 0 aliphatic carbocycles. The fourth-order valence-corrected chi connectivity index (χ4v) is 2.46. The maximum atomic E-state index is 12.1. The summed E-state index contributed by atoms with van der Waals surface area (Å²) in [6.07, 6.45) is 0. The van der Waals surface area contributed by atoms with E-state index in [-0.39, 0.29) is 5.56 Å². The Kier molecular flexibility index (Phi) is 4.54. The van der Waals surface area contributed by atoms with Gasteiger partial charge in [0.05, 0.1) is 5.56 Å². The van der Waals surface area contributed by atoms with Gasteiger partial charge in [-0.25, -0.2) is 0 Å². The van der Waals surface area contributed by atoms with Crippen LogP contribution in [0.2, 0.25) is 0 Å². The Balaban J connectivity index is 2.22. The number of aromatic nitrogens is 3. The largest absolute Gasteiger partial charge is 0.360 e. The molecule has 20 heavy (non-hydrogen) atoms. The third-order valence-corrected chi connectivity index (χ3v) is 3.79. The quantitative estimate of drug-likeness (QED) is 0.888. The zero-order valence-corrected chi connectivity index (χ0v) is 13.0. The molecule has 0 aliphatic rings. The van der Waals surface area contributed by atoms with Crippen LogP contribution in [0.4, 0.5) is 5.13 Å². The minimum Gasteiger partial charge on any atom is -0.360 e. The fraction of sp³-hybridized carbons (Fsp3) is 0.500. The number of nitrogens with one attached hydrogen (secondary N) is 2. The highest BCUT2D eigenvalue weighted by atomic mass is 32.1. The van der Waals surface area contributed by atoms with Crippen LogP contribution in [0.5, 0.6) is 0 Å². The number of nitrogens with zero attached hydrogens (tertiary/aromatic N) is 2. The van der Waals surface area contributed by atoms with E-state index in [1.165, 1.54) is 11.3 Å². The van der Waals surface area contributed by atoms with Crippen molar-refractivity contribution in [3.05, 3.63) is 28.2 Å². The van der Waals surface area contributed by atoms with Crippen molar-refractivity contribution in [1.82, 2.24) is 15.2 Å². The first-order valence-electron chi connectivity index (χ1n) is 6.78. The van der Waals surface area contributed by atoms with E-state index in [1.54, 1.807) is 0 Å². The lowest BCUT2D eigenvalue weighted by molar-refractivity contribution is 0.687. The van der Waals surface area contributed by atoms with Gasteiger partial charge in [-0.15, -0.1) is 10.2 Å². The first-order valence-corrected chi connectivity index (χ1v) is 7.60. The Morgan fingerprint density at radius 3 is 2.60 bits per heavy atom. The molecular weight excluding hydrogens is 272 g/mol. The van der Waals surface area contributed by atoms with Crippen LogP contribution in [-0.4, -0.2) is 21.7 Å². The lowest BCUT2D eigenvalue weighted by atomic mass is 10.1. The summed E-state index contributed by atoms with van der Waals surface area (Å²) in [6, 6.07) is 3.75. The van der Waals surface area contributed by atoms with Crippen molar-refractivity contribution in [2.75, 3.05) is 11.9 Å². The molecule has 0 fully saturated rings. The van der Waals surface area contributed by atoms with Gasteiger partial charge in [-0.3, -0.25) is 4.79 Å². The second kappa shape index (κ2) is 6.17. The summed E-state index contributed by atoms with van der Waals surface area (Å²) < 4.78 is 0. The molecule has 0 aromatic carbocycles. The fourth-order valence-electron chi connectivity index (χ4n) is 1.69. The van der Waals surface area contributed by atoms with Gasteiger partial charge >= 0.3 is 0 Å². The van der Waals surface area contributed by atoms with E-state index in [0.717, 1.165) is 17.4 Å². The molecule has 0 radical (unpaired) electrons. The van der Waals surface area contributed by atoms with Crippen molar-refractivity contribution >= 4 is 16.5 Å². The molecule has 2 aromatic rings. The lowest BCUT2D eigenvalue weighted by Crippen LogP contribution is -2.11. The summed E-state index contributed by atoms with van der Waals surface area (Å²) in [4.78, 5) is 15.0. The number of pyridine rings is 1. The van der Waals surface area contributed by atoms with Crippen molar-refractivity contribution < 1.29 is 0 Å². The lowest BCUT2D eigenvalue weighted by Gasteiger charge is -2.05. The van der Waals surface area contributed by atoms with Crippen molar-refractivity contribution in [2.24, 2.45) is 5.92 Å². The van der Waals surface area contributed by atoms with Gasteiger partial charge in [0.1, 0.15) is 0 Å². The summed E-state index contributed by atoms with van der Waals surface area (Å²) in [6.45, 7) is 9.19. The van der Waals surface area contributed by atoms with Crippen molar-refractivity contribution in [3.63, 3.8) is 0 Å². The van der Waals surface area contributed by atoms with Crippen LogP contribution in [0.3, 0.4) is 0 Å². The Morgan fingerprint density at radius 1 is 1.25 bits per heavy atom. The van der Waals surface area contributed by atoms with E-state index >= 15 is 0 Å². The third-order valence-electron chi connectivity index (χ3n) is 2.87. The van der Waals surface area contributed by atoms with E-state index in [1.807, 2.05) is 26.0 Å². The second-order valence-corrected chi connectivity index (χ2v) is 6.48. The minimum absolute atomic E-state index is 0.109. The van der Waals surface area contributed by atoms with Crippen LogP contribution >= 0.6 is 11.3 Å². The van der Waals surface area contributed by atoms with Crippen LogP contribution in [0.1, 0.15) is 39.3 Å². The summed E-state index contributed by atoms with van der Waals surface area (Å²) >= 11 is 1.40. The van der Waals surface area contributed by atoms with Crippen molar-refractivity contribution in [1.29, 1.82) is 0 Å². The molecule has 0 amide bonds. The Labute approximate surface area is 122 Å². The van der Waals surface area contributed by atoms with Crippen LogP contribution in [0, 0.1) is 5.92 Å². The predicted octanol–water partition coefficient (Wildman–Crippen LogP) is 3.08. The summed E-state index contributed by atoms with van der Waals surface area (Å²) in [5.74, 6) is 0.838. The van der Waals surface area contributed by atoms with Crippen LogP contribution in [0.25, 0.3) is 10.6 Å². The van der Waals surface area contributed by atoms with E-state index in [0.29, 0.717) is 22.4 Å². The smallest absolute Gasteiger partial charge is 0.258 e. The molecule has 0 unspecified atom stereocenters. The topological polar surface area (TPSA) is 70.7 Å². The predicted molar refractivity (Wildman–Crippen MR) is 83.4 cm³/mol. The maximum Gasteiger partial charge on any atom is 0.258 e. The first-order chi connectivity index (χ1) is 9.47. The molecule has 2 aromatic heterocycles. The van der Waals surface area contributed by atoms with Crippen molar-refractivity contribution in [2.45, 2.75) is 33.6 Å². The molecule has 6 heteroatoms. The second-order valence-electron chi connectivity index (χ2n) is 5.50. The SMILES string of the molecule is CC(C)CNc1nnc(-c2ccc(C(C)C)[nH]c2=O)s1. The average molecular weight is 292 g/mol. The van der Waals surface area contributed by atoms with Gasteiger partial charge in [-0.1, -0.05) is 39.0 Å². The summed E-state index contributed by atoms with van der Waals surface area (Å²) in [5.41, 5.74) is 1.40. The van der Waals surface area contributed by atoms with Crippen LogP contribution in [0.15, 0.2) is 16.9 Å². The molecule has 0 spiro atoms. The number of aromatic amines is 1. The van der Waals surface area contributed by atoms with Gasteiger partial charge < -0.3 is 10.3 Å². The molecule has 2 heterocycles. The van der Waals surface area contributed by atoms with Gasteiger partial charge in [0.25, 0.3) is 5.56 Å². The van der Waals surface area contributed by atoms with Gasteiger partial charge in [0.15, 0.2) is 5.01 Å². The molecule has 0 aliphatic heterocycles. The maximum absolute atomic E-state index is 12.1. The molecule has 0 bridgehead atoms. The highest BCUT2D eigenvalue weighted by molar-refractivity contribution is 7.18. The van der Waals surface area contributed by atoms with E-state index in [9.17, 15) is 4.79 Å². The zero-order chi connectivity index (χ0) is 14.7. The zero-order valence-electron chi connectivity index (χ0n) is 12.2. The molecule has 5 nitrogen and oxygen atoms in total. The van der Waals surface area contributed by atoms with Crippen LogP contribution in [-0.2, 0) is 0 Å². The molecule has 0 saturated heterocycles. The molecule has 108 valence electrons. The molecule has 0 atom stereocenters. The summed E-state index contributed by atoms with van der Waals surface area (Å²) in [7, 11) is 0. The number of rotatable bonds is 5. The summed E-state index contributed by atoms with van der Waals surface area (Å²) in [5, 5.41) is 12.8. The molecular formula is C14H20N4OS. The highest BCUT2D eigenvalue weighted by Crippen LogP contribution is 2.24. The number of hydrogen-bond donors (Lipinski definition) is 2. The van der Waals surface area contributed by atoms with E-state index < -0.39 is 0 Å². The number of H-pyrrole nitrogens is 1. The number of hydrogen-bond acceptors (Lipinski definition) is 5. The van der Waals surface area contributed by atoms with Gasteiger partial charge in [-0.05, 0) is 24.0 Å². The first kappa shape index (κ1) is 14.7. The van der Waals surface area contributed by atoms with Crippen LogP contribution < -0.4 is 10.9 Å². The normalized spacial score (nSPS) is 11.3. The highest BCUT2D eigenvalue weighted by Gasteiger charge is 2.11. The Hall–Kier alpha value is -1.69. The monoisotopic (exact) mass is 292 g/mol.